The highest BCUT2D eigenvalue weighted by Crippen LogP contribution is 2.47. The first kappa shape index (κ1) is 15.4. The van der Waals surface area contributed by atoms with Gasteiger partial charge in [0.05, 0.1) is 19.1 Å². The van der Waals surface area contributed by atoms with Crippen LogP contribution in [0.25, 0.3) is 0 Å². The SMILES string of the molecule is CCOC(=O)c1csc(CNC(=O)C2C3CCC(C3)C2N)n1. The molecule has 1 aromatic heterocycles. The lowest BCUT2D eigenvalue weighted by Crippen LogP contribution is -2.45. The fourth-order valence-corrected chi connectivity index (χ4v) is 4.40. The standard InChI is InChI=1S/C15H21N3O3S/c1-2-21-15(20)10-7-22-11(18-10)6-17-14(19)12-8-3-4-9(5-8)13(12)16/h7-9,12-13H,2-6,16H2,1H3,(H,17,19). The van der Waals surface area contributed by atoms with Crippen molar-refractivity contribution in [3.8, 4) is 0 Å². The number of nitrogens with one attached hydrogen (secondary N) is 1. The predicted octanol–water partition coefficient (Wildman–Crippen LogP) is 1.31. The van der Waals surface area contributed by atoms with Gasteiger partial charge >= 0.3 is 5.97 Å². The molecule has 3 N–H and O–H groups in total. The van der Waals surface area contributed by atoms with Gasteiger partial charge in [0.2, 0.25) is 5.91 Å². The third kappa shape index (κ3) is 2.87. The summed E-state index contributed by atoms with van der Waals surface area (Å²) in [6.07, 6.45) is 3.36. The number of hydrogen-bond donors (Lipinski definition) is 2. The minimum absolute atomic E-state index is 0.00913. The Balaban J connectivity index is 1.54. The summed E-state index contributed by atoms with van der Waals surface area (Å²) < 4.78 is 4.90. The zero-order valence-corrected chi connectivity index (χ0v) is 13.4. The van der Waals surface area contributed by atoms with Crippen molar-refractivity contribution in [3.63, 3.8) is 0 Å². The van der Waals surface area contributed by atoms with E-state index in [0.717, 1.165) is 19.3 Å². The maximum atomic E-state index is 12.4. The summed E-state index contributed by atoms with van der Waals surface area (Å²) >= 11 is 1.35. The van der Waals surface area contributed by atoms with E-state index in [0.29, 0.717) is 35.7 Å². The lowest BCUT2D eigenvalue weighted by atomic mass is 9.84. The molecule has 4 atom stereocenters. The Hall–Kier alpha value is -1.47. The Morgan fingerprint density at radius 3 is 2.91 bits per heavy atom. The smallest absolute Gasteiger partial charge is 0.357 e. The highest BCUT2D eigenvalue weighted by atomic mass is 32.1. The molecule has 3 rings (SSSR count). The van der Waals surface area contributed by atoms with Crippen LogP contribution >= 0.6 is 11.3 Å². The lowest BCUT2D eigenvalue weighted by Gasteiger charge is -2.26. The summed E-state index contributed by atoms with van der Waals surface area (Å²) in [4.78, 5) is 28.1. The van der Waals surface area contributed by atoms with Gasteiger partial charge in [-0.25, -0.2) is 9.78 Å². The largest absolute Gasteiger partial charge is 0.461 e. The number of carbonyl (C=O) groups is 2. The van der Waals surface area contributed by atoms with Crippen LogP contribution in [-0.4, -0.2) is 29.5 Å². The van der Waals surface area contributed by atoms with Crippen LogP contribution in [0.2, 0.25) is 0 Å². The van der Waals surface area contributed by atoms with E-state index < -0.39 is 5.97 Å². The number of fused-ring (bicyclic) bond motifs is 2. The van der Waals surface area contributed by atoms with Gasteiger partial charge in [-0.05, 0) is 38.0 Å². The Labute approximate surface area is 133 Å². The fourth-order valence-electron chi connectivity index (χ4n) is 3.70. The Morgan fingerprint density at radius 2 is 2.23 bits per heavy atom. The molecule has 1 aromatic rings. The molecule has 2 saturated carbocycles. The summed E-state index contributed by atoms with van der Waals surface area (Å²) in [7, 11) is 0. The number of thiazole rings is 1. The molecule has 120 valence electrons. The van der Waals surface area contributed by atoms with Gasteiger partial charge in [-0.3, -0.25) is 4.79 Å². The number of nitrogens with two attached hydrogens (primary N) is 1. The molecule has 0 radical (unpaired) electrons. The zero-order chi connectivity index (χ0) is 15.7. The van der Waals surface area contributed by atoms with Crippen LogP contribution in [0.3, 0.4) is 0 Å². The van der Waals surface area contributed by atoms with E-state index >= 15 is 0 Å². The molecule has 0 saturated heterocycles. The number of rotatable bonds is 5. The average Bonchev–Trinajstić information content (AvgIpc) is 3.20. The summed E-state index contributed by atoms with van der Waals surface area (Å²) in [5, 5.41) is 5.27. The highest BCUT2D eigenvalue weighted by Gasteiger charge is 2.48. The molecule has 0 aromatic carbocycles. The van der Waals surface area contributed by atoms with E-state index in [1.807, 2.05) is 0 Å². The number of hydrogen-bond acceptors (Lipinski definition) is 6. The van der Waals surface area contributed by atoms with Gasteiger partial charge in [0.15, 0.2) is 5.69 Å². The molecule has 2 aliphatic rings. The summed E-state index contributed by atoms with van der Waals surface area (Å²) in [5.74, 6) is 0.477. The molecule has 7 heteroatoms. The zero-order valence-electron chi connectivity index (χ0n) is 12.6. The van der Waals surface area contributed by atoms with Gasteiger partial charge in [-0.15, -0.1) is 11.3 Å². The number of amides is 1. The molecule has 0 spiro atoms. The summed E-state index contributed by atoms with van der Waals surface area (Å²) in [6.45, 7) is 2.41. The van der Waals surface area contributed by atoms with E-state index in [1.54, 1.807) is 12.3 Å². The molecular weight excluding hydrogens is 302 g/mol. The normalized spacial score (nSPS) is 29.5. The van der Waals surface area contributed by atoms with Crippen LogP contribution in [0.5, 0.6) is 0 Å². The number of ether oxygens (including phenoxy) is 1. The van der Waals surface area contributed by atoms with Crippen LogP contribution in [0.1, 0.15) is 41.7 Å². The van der Waals surface area contributed by atoms with E-state index in [4.69, 9.17) is 10.5 Å². The second-order valence-electron chi connectivity index (χ2n) is 6.00. The maximum Gasteiger partial charge on any atom is 0.357 e. The fraction of sp³-hybridized carbons (Fsp3) is 0.667. The molecule has 1 heterocycles. The van der Waals surface area contributed by atoms with Crippen molar-refractivity contribution in [2.24, 2.45) is 23.5 Å². The second-order valence-corrected chi connectivity index (χ2v) is 6.94. The van der Waals surface area contributed by atoms with Crippen molar-refractivity contribution in [1.29, 1.82) is 0 Å². The average molecular weight is 323 g/mol. The number of carbonyl (C=O) groups excluding carboxylic acids is 2. The first-order valence-corrected chi connectivity index (χ1v) is 8.63. The summed E-state index contributed by atoms with van der Waals surface area (Å²) in [5.41, 5.74) is 6.47. The lowest BCUT2D eigenvalue weighted by molar-refractivity contribution is -0.127. The van der Waals surface area contributed by atoms with Gasteiger partial charge in [-0.2, -0.15) is 0 Å². The molecule has 22 heavy (non-hydrogen) atoms. The minimum atomic E-state index is -0.425. The van der Waals surface area contributed by atoms with E-state index in [-0.39, 0.29) is 17.9 Å². The minimum Gasteiger partial charge on any atom is -0.461 e. The first-order valence-electron chi connectivity index (χ1n) is 7.75. The topological polar surface area (TPSA) is 94.3 Å². The monoisotopic (exact) mass is 323 g/mol. The van der Waals surface area contributed by atoms with Crippen LogP contribution in [0.4, 0.5) is 0 Å². The van der Waals surface area contributed by atoms with Crippen molar-refractivity contribution < 1.29 is 14.3 Å². The Morgan fingerprint density at radius 1 is 1.45 bits per heavy atom. The van der Waals surface area contributed by atoms with Crippen molar-refractivity contribution in [1.82, 2.24) is 10.3 Å². The van der Waals surface area contributed by atoms with Gasteiger partial charge in [0.1, 0.15) is 5.01 Å². The quantitative estimate of drug-likeness (QED) is 0.797. The molecule has 2 aliphatic carbocycles. The Bertz CT molecular complexity index is 572. The van der Waals surface area contributed by atoms with Gasteiger partial charge in [0.25, 0.3) is 0 Å². The van der Waals surface area contributed by atoms with E-state index in [1.165, 1.54) is 11.3 Å². The number of nitrogens with zero attached hydrogens (tertiary/aromatic N) is 1. The van der Waals surface area contributed by atoms with Crippen molar-refractivity contribution >= 4 is 23.2 Å². The molecule has 6 nitrogen and oxygen atoms in total. The van der Waals surface area contributed by atoms with Gasteiger partial charge in [0, 0.05) is 11.4 Å². The predicted molar refractivity (Wildman–Crippen MR) is 82.2 cm³/mol. The molecule has 4 unspecified atom stereocenters. The number of esters is 1. The van der Waals surface area contributed by atoms with Crippen LogP contribution < -0.4 is 11.1 Å². The first-order chi connectivity index (χ1) is 10.6. The highest BCUT2D eigenvalue weighted by molar-refractivity contribution is 7.09. The Kier molecular flexibility index (Phi) is 4.44. The van der Waals surface area contributed by atoms with E-state index in [2.05, 4.69) is 10.3 Å². The van der Waals surface area contributed by atoms with Crippen LogP contribution in [0, 0.1) is 17.8 Å². The maximum absolute atomic E-state index is 12.4. The van der Waals surface area contributed by atoms with Gasteiger partial charge in [-0.1, -0.05) is 0 Å². The number of aromatic nitrogens is 1. The molecule has 1 amide bonds. The molecule has 2 bridgehead atoms. The molecular formula is C15H21N3O3S. The summed E-state index contributed by atoms with van der Waals surface area (Å²) in [6, 6.07) is -0.00913. The third-order valence-corrected chi connectivity index (χ3v) is 5.58. The van der Waals surface area contributed by atoms with Crippen molar-refractivity contribution in [3.05, 3.63) is 16.1 Å². The van der Waals surface area contributed by atoms with Crippen LogP contribution in [-0.2, 0) is 16.1 Å². The van der Waals surface area contributed by atoms with Crippen LogP contribution in [0.15, 0.2) is 5.38 Å². The molecule has 0 aliphatic heterocycles. The van der Waals surface area contributed by atoms with Gasteiger partial charge < -0.3 is 15.8 Å². The van der Waals surface area contributed by atoms with Crippen molar-refractivity contribution in [2.45, 2.75) is 38.8 Å². The van der Waals surface area contributed by atoms with Crippen molar-refractivity contribution in [2.75, 3.05) is 6.61 Å². The second kappa shape index (κ2) is 6.34. The third-order valence-electron chi connectivity index (χ3n) is 4.73. The van der Waals surface area contributed by atoms with E-state index in [9.17, 15) is 9.59 Å². The molecule has 2 fully saturated rings.